The van der Waals surface area contributed by atoms with Gasteiger partial charge in [0.1, 0.15) is 11.5 Å². The molecule has 0 unspecified atom stereocenters. The molecule has 0 bridgehead atoms. The smallest absolute Gasteiger partial charge is 0.255 e. The molecule has 0 aliphatic heterocycles. The quantitative estimate of drug-likeness (QED) is 0.851. The molecule has 0 aliphatic rings. The van der Waals surface area contributed by atoms with E-state index in [9.17, 15) is 4.79 Å². The average Bonchev–Trinajstić information content (AvgIpc) is 2.81. The van der Waals surface area contributed by atoms with Gasteiger partial charge in [0.05, 0.1) is 12.1 Å². The molecule has 0 aromatic carbocycles. The van der Waals surface area contributed by atoms with Crippen LogP contribution in [0.4, 0.5) is 5.69 Å². The monoisotopic (exact) mass is 246 g/mol. The lowest BCUT2D eigenvalue weighted by Crippen LogP contribution is -2.24. The SMILES string of the molecule is CNc1ccncc1C(=O)NCc1cc(C)on1. The lowest BCUT2D eigenvalue weighted by atomic mass is 10.2. The molecule has 94 valence electrons. The Morgan fingerprint density at radius 3 is 3.00 bits per heavy atom. The van der Waals surface area contributed by atoms with Crippen LogP contribution in [0.5, 0.6) is 0 Å². The summed E-state index contributed by atoms with van der Waals surface area (Å²) in [6.07, 6.45) is 3.15. The molecule has 0 fully saturated rings. The number of hydrogen-bond acceptors (Lipinski definition) is 5. The average molecular weight is 246 g/mol. The summed E-state index contributed by atoms with van der Waals surface area (Å²) >= 11 is 0. The zero-order valence-corrected chi connectivity index (χ0v) is 10.2. The number of carbonyl (C=O) groups is 1. The van der Waals surface area contributed by atoms with E-state index in [2.05, 4.69) is 20.8 Å². The van der Waals surface area contributed by atoms with Gasteiger partial charge < -0.3 is 15.2 Å². The fourth-order valence-corrected chi connectivity index (χ4v) is 1.56. The van der Waals surface area contributed by atoms with Gasteiger partial charge in [0.2, 0.25) is 0 Å². The Bertz CT molecular complexity index is 551. The Kier molecular flexibility index (Phi) is 3.57. The van der Waals surface area contributed by atoms with E-state index in [1.807, 2.05) is 0 Å². The summed E-state index contributed by atoms with van der Waals surface area (Å²) < 4.78 is 4.92. The van der Waals surface area contributed by atoms with Crippen molar-refractivity contribution in [2.75, 3.05) is 12.4 Å². The summed E-state index contributed by atoms with van der Waals surface area (Å²) in [5.74, 6) is 0.518. The van der Waals surface area contributed by atoms with Gasteiger partial charge in [-0.05, 0) is 13.0 Å². The van der Waals surface area contributed by atoms with Crippen molar-refractivity contribution < 1.29 is 9.32 Å². The molecule has 1 amide bonds. The third-order valence-corrected chi connectivity index (χ3v) is 2.44. The van der Waals surface area contributed by atoms with Crippen molar-refractivity contribution in [3.05, 3.63) is 41.5 Å². The highest BCUT2D eigenvalue weighted by molar-refractivity contribution is 5.99. The van der Waals surface area contributed by atoms with E-state index in [1.165, 1.54) is 6.20 Å². The first-order valence-electron chi connectivity index (χ1n) is 5.53. The minimum atomic E-state index is -0.201. The number of amides is 1. The molecule has 2 rings (SSSR count). The van der Waals surface area contributed by atoms with Crippen LogP contribution in [-0.4, -0.2) is 23.1 Å². The fourth-order valence-electron chi connectivity index (χ4n) is 1.56. The molecule has 2 aromatic heterocycles. The largest absolute Gasteiger partial charge is 0.387 e. The van der Waals surface area contributed by atoms with Gasteiger partial charge in [-0.2, -0.15) is 0 Å². The first kappa shape index (κ1) is 12.1. The van der Waals surface area contributed by atoms with Gasteiger partial charge >= 0.3 is 0 Å². The standard InChI is InChI=1S/C12H14N4O2/c1-8-5-9(16-18-8)6-15-12(17)10-7-14-4-3-11(10)13-2/h3-5,7H,6H2,1-2H3,(H,13,14)(H,15,17). The number of hydrogen-bond donors (Lipinski definition) is 2. The summed E-state index contributed by atoms with van der Waals surface area (Å²) in [4.78, 5) is 15.9. The molecule has 6 heteroatoms. The summed E-state index contributed by atoms with van der Waals surface area (Å²) in [6, 6.07) is 3.53. The molecule has 6 nitrogen and oxygen atoms in total. The van der Waals surface area contributed by atoms with Crippen LogP contribution in [0.1, 0.15) is 21.8 Å². The van der Waals surface area contributed by atoms with E-state index in [-0.39, 0.29) is 5.91 Å². The second-order valence-electron chi connectivity index (χ2n) is 3.78. The van der Waals surface area contributed by atoms with Gasteiger partial charge in [-0.15, -0.1) is 0 Å². The van der Waals surface area contributed by atoms with Crippen LogP contribution in [0, 0.1) is 6.92 Å². The fraction of sp³-hybridized carbons (Fsp3) is 0.250. The van der Waals surface area contributed by atoms with Gasteiger partial charge in [-0.3, -0.25) is 9.78 Å². The molecule has 0 saturated heterocycles. The topological polar surface area (TPSA) is 80.0 Å². The minimum absolute atomic E-state index is 0.201. The maximum absolute atomic E-state index is 12.0. The molecular formula is C12H14N4O2. The highest BCUT2D eigenvalue weighted by Gasteiger charge is 2.11. The predicted octanol–water partition coefficient (Wildman–Crippen LogP) is 1.35. The second-order valence-corrected chi connectivity index (χ2v) is 3.78. The van der Waals surface area contributed by atoms with Crippen LogP contribution in [0.25, 0.3) is 0 Å². The van der Waals surface area contributed by atoms with Crippen LogP contribution in [0.2, 0.25) is 0 Å². The number of aryl methyl sites for hydroxylation is 1. The van der Waals surface area contributed by atoms with Gasteiger partial charge in [0.25, 0.3) is 5.91 Å². The number of carbonyl (C=O) groups excluding carboxylic acids is 1. The molecule has 2 aromatic rings. The van der Waals surface area contributed by atoms with E-state index in [0.29, 0.717) is 17.8 Å². The van der Waals surface area contributed by atoms with Crippen molar-refractivity contribution in [1.82, 2.24) is 15.5 Å². The van der Waals surface area contributed by atoms with Crippen molar-refractivity contribution in [3.63, 3.8) is 0 Å². The van der Waals surface area contributed by atoms with Crippen LogP contribution in [0.15, 0.2) is 29.0 Å². The van der Waals surface area contributed by atoms with E-state index < -0.39 is 0 Å². The van der Waals surface area contributed by atoms with E-state index >= 15 is 0 Å². The Morgan fingerprint density at radius 2 is 2.33 bits per heavy atom. The lowest BCUT2D eigenvalue weighted by molar-refractivity contribution is 0.0950. The normalized spacial score (nSPS) is 10.1. The maximum Gasteiger partial charge on any atom is 0.255 e. The predicted molar refractivity (Wildman–Crippen MR) is 66.2 cm³/mol. The number of pyridine rings is 1. The van der Waals surface area contributed by atoms with Crippen LogP contribution < -0.4 is 10.6 Å². The summed E-state index contributed by atoms with van der Waals surface area (Å²) in [7, 11) is 1.76. The molecule has 0 radical (unpaired) electrons. The van der Waals surface area contributed by atoms with Crippen molar-refractivity contribution in [2.24, 2.45) is 0 Å². The number of nitrogens with one attached hydrogen (secondary N) is 2. The number of rotatable bonds is 4. The minimum Gasteiger partial charge on any atom is -0.387 e. The Labute approximate surface area is 104 Å². The third kappa shape index (κ3) is 2.65. The summed E-state index contributed by atoms with van der Waals surface area (Å²) in [5, 5.41) is 9.51. The second kappa shape index (κ2) is 5.31. The summed E-state index contributed by atoms with van der Waals surface area (Å²) in [5.41, 5.74) is 1.93. The Balaban J connectivity index is 2.03. The maximum atomic E-state index is 12.0. The lowest BCUT2D eigenvalue weighted by Gasteiger charge is -2.07. The van der Waals surface area contributed by atoms with E-state index in [1.54, 1.807) is 32.3 Å². The Morgan fingerprint density at radius 1 is 1.50 bits per heavy atom. The zero-order valence-electron chi connectivity index (χ0n) is 10.2. The zero-order chi connectivity index (χ0) is 13.0. The molecule has 0 spiro atoms. The van der Waals surface area contributed by atoms with Crippen molar-refractivity contribution in [3.8, 4) is 0 Å². The number of nitrogens with zero attached hydrogens (tertiary/aromatic N) is 2. The van der Waals surface area contributed by atoms with Gasteiger partial charge in [-0.25, -0.2) is 0 Å². The third-order valence-electron chi connectivity index (χ3n) is 2.44. The van der Waals surface area contributed by atoms with Crippen molar-refractivity contribution in [1.29, 1.82) is 0 Å². The molecule has 2 N–H and O–H groups in total. The van der Waals surface area contributed by atoms with Crippen LogP contribution in [-0.2, 0) is 6.54 Å². The molecule has 2 heterocycles. The van der Waals surface area contributed by atoms with Crippen molar-refractivity contribution in [2.45, 2.75) is 13.5 Å². The first-order valence-corrected chi connectivity index (χ1v) is 5.53. The van der Waals surface area contributed by atoms with Crippen LogP contribution >= 0.6 is 0 Å². The first-order chi connectivity index (χ1) is 8.70. The summed E-state index contributed by atoms with van der Waals surface area (Å²) in [6.45, 7) is 2.13. The molecular weight excluding hydrogens is 232 g/mol. The van der Waals surface area contributed by atoms with Crippen LogP contribution in [0.3, 0.4) is 0 Å². The molecule has 0 saturated carbocycles. The van der Waals surface area contributed by atoms with Gasteiger partial charge in [0, 0.05) is 31.2 Å². The Hall–Kier alpha value is -2.37. The van der Waals surface area contributed by atoms with Gasteiger partial charge in [-0.1, -0.05) is 5.16 Å². The highest BCUT2D eigenvalue weighted by atomic mass is 16.5. The molecule has 0 aliphatic carbocycles. The van der Waals surface area contributed by atoms with Crippen molar-refractivity contribution >= 4 is 11.6 Å². The molecule has 0 atom stereocenters. The number of aromatic nitrogens is 2. The van der Waals surface area contributed by atoms with E-state index in [4.69, 9.17) is 4.52 Å². The number of anilines is 1. The van der Waals surface area contributed by atoms with Gasteiger partial charge in [0.15, 0.2) is 0 Å². The molecule has 18 heavy (non-hydrogen) atoms. The van der Waals surface area contributed by atoms with E-state index in [0.717, 1.165) is 11.4 Å². The highest BCUT2D eigenvalue weighted by Crippen LogP contribution is 2.12.